The first-order chi connectivity index (χ1) is 9.15. The van der Waals surface area contributed by atoms with Crippen LogP contribution in [0.2, 0.25) is 5.02 Å². The average molecular weight is 275 g/mol. The van der Waals surface area contributed by atoms with E-state index in [4.69, 9.17) is 11.6 Å². The Hall–Kier alpha value is -2.20. The number of halogens is 2. The molecule has 0 radical (unpaired) electrons. The molecule has 0 spiro atoms. The summed E-state index contributed by atoms with van der Waals surface area (Å²) >= 11 is 5.84. The van der Waals surface area contributed by atoms with Gasteiger partial charge in [0.25, 0.3) is 5.56 Å². The van der Waals surface area contributed by atoms with E-state index in [0.29, 0.717) is 16.1 Å². The van der Waals surface area contributed by atoms with Gasteiger partial charge in [-0.15, -0.1) is 0 Å². The van der Waals surface area contributed by atoms with Gasteiger partial charge in [-0.3, -0.25) is 4.79 Å². The second-order valence-electron chi connectivity index (χ2n) is 4.10. The monoisotopic (exact) mass is 274 g/mol. The third kappa shape index (κ3) is 2.11. The van der Waals surface area contributed by atoms with Gasteiger partial charge in [0.05, 0.1) is 11.1 Å². The summed E-state index contributed by atoms with van der Waals surface area (Å²) in [4.78, 5) is 11.7. The van der Waals surface area contributed by atoms with Crippen LogP contribution >= 0.6 is 11.6 Å². The zero-order valence-electron chi connectivity index (χ0n) is 9.65. The number of fused-ring (bicyclic) bond motifs is 1. The third-order valence-electron chi connectivity index (χ3n) is 2.87. The molecule has 0 saturated carbocycles. The Morgan fingerprint density at radius 1 is 1.05 bits per heavy atom. The number of nitrogens with one attached hydrogen (secondary N) is 1. The molecule has 3 rings (SSSR count). The number of aromatic nitrogens is 2. The van der Waals surface area contributed by atoms with Crippen LogP contribution in [0.5, 0.6) is 0 Å². The number of aromatic amines is 1. The molecule has 1 aromatic heterocycles. The predicted octanol–water partition coefficient (Wildman–Crippen LogP) is 3.38. The molecule has 2 aromatic carbocycles. The van der Waals surface area contributed by atoms with Gasteiger partial charge in [-0.1, -0.05) is 23.7 Å². The number of rotatable bonds is 1. The zero-order valence-corrected chi connectivity index (χ0v) is 10.4. The topological polar surface area (TPSA) is 45.8 Å². The molecular formula is C14H8ClFN2O. The van der Waals surface area contributed by atoms with E-state index >= 15 is 0 Å². The van der Waals surface area contributed by atoms with Crippen molar-refractivity contribution in [3.63, 3.8) is 0 Å². The Labute approximate surface area is 112 Å². The van der Waals surface area contributed by atoms with Crippen molar-refractivity contribution in [3.05, 3.63) is 63.7 Å². The Balaban J connectivity index is 2.33. The quantitative estimate of drug-likeness (QED) is 0.739. The smallest absolute Gasteiger partial charge is 0.267 e. The molecule has 0 atom stereocenters. The summed E-state index contributed by atoms with van der Waals surface area (Å²) in [6, 6.07) is 11.1. The minimum Gasteiger partial charge on any atom is -0.267 e. The van der Waals surface area contributed by atoms with Crippen LogP contribution in [0, 0.1) is 5.82 Å². The molecule has 0 amide bonds. The molecule has 3 aromatic rings. The lowest BCUT2D eigenvalue weighted by atomic mass is 10.1. The molecule has 0 aliphatic heterocycles. The van der Waals surface area contributed by atoms with Crippen molar-refractivity contribution in [2.45, 2.75) is 0 Å². The van der Waals surface area contributed by atoms with Gasteiger partial charge in [0.15, 0.2) is 0 Å². The van der Waals surface area contributed by atoms with E-state index < -0.39 is 11.4 Å². The van der Waals surface area contributed by atoms with E-state index in [0.717, 1.165) is 5.56 Å². The van der Waals surface area contributed by atoms with Gasteiger partial charge in [-0.2, -0.15) is 5.10 Å². The van der Waals surface area contributed by atoms with Crippen LogP contribution in [0.1, 0.15) is 0 Å². The van der Waals surface area contributed by atoms with Crippen LogP contribution in [0.15, 0.2) is 47.3 Å². The zero-order chi connectivity index (χ0) is 13.4. The highest BCUT2D eigenvalue weighted by Gasteiger charge is 2.09. The molecule has 0 bridgehead atoms. The molecule has 94 valence electrons. The highest BCUT2D eigenvalue weighted by atomic mass is 35.5. The molecule has 5 heteroatoms. The van der Waals surface area contributed by atoms with Crippen molar-refractivity contribution in [2.24, 2.45) is 0 Å². The fourth-order valence-electron chi connectivity index (χ4n) is 1.97. The Morgan fingerprint density at radius 2 is 1.79 bits per heavy atom. The SMILES string of the molecule is O=c1[nH]nc(-c2ccc(Cl)cc2)c2ccc(F)cc12. The van der Waals surface area contributed by atoms with Crippen molar-refractivity contribution in [3.8, 4) is 11.3 Å². The molecule has 0 fully saturated rings. The van der Waals surface area contributed by atoms with Crippen molar-refractivity contribution < 1.29 is 4.39 Å². The van der Waals surface area contributed by atoms with E-state index in [1.807, 2.05) is 0 Å². The van der Waals surface area contributed by atoms with E-state index in [1.54, 1.807) is 30.3 Å². The number of hydrogen-bond acceptors (Lipinski definition) is 2. The molecule has 0 aliphatic rings. The molecule has 0 saturated heterocycles. The summed E-state index contributed by atoms with van der Waals surface area (Å²) in [6.45, 7) is 0. The van der Waals surface area contributed by atoms with Gasteiger partial charge in [0.2, 0.25) is 0 Å². The Kier molecular flexibility index (Phi) is 2.80. The normalized spacial score (nSPS) is 10.8. The second kappa shape index (κ2) is 4.48. The van der Waals surface area contributed by atoms with Crippen molar-refractivity contribution in [2.75, 3.05) is 0 Å². The molecule has 19 heavy (non-hydrogen) atoms. The minimum atomic E-state index is -0.453. The predicted molar refractivity (Wildman–Crippen MR) is 72.8 cm³/mol. The molecule has 3 nitrogen and oxygen atoms in total. The van der Waals surface area contributed by atoms with Gasteiger partial charge in [-0.25, -0.2) is 9.49 Å². The van der Waals surface area contributed by atoms with Crippen LogP contribution in [-0.4, -0.2) is 10.2 Å². The van der Waals surface area contributed by atoms with Crippen LogP contribution in [-0.2, 0) is 0 Å². The average Bonchev–Trinajstić information content (AvgIpc) is 2.41. The standard InChI is InChI=1S/C14H8ClFN2O/c15-9-3-1-8(2-4-9)13-11-6-5-10(16)7-12(11)14(19)18-17-13/h1-7H,(H,18,19). The highest BCUT2D eigenvalue weighted by molar-refractivity contribution is 6.30. The number of benzene rings is 2. The number of H-pyrrole nitrogens is 1. The maximum atomic E-state index is 13.2. The maximum Gasteiger partial charge on any atom is 0.272 e. The lowest BCUT2D eigenvalue weighted by Crippen LogP contribution is -2.09. The maximum absolute atomic E-state index is 13.2. The summed E-state index contributed by atoms with van der Waals surface area (Å²) < 4.78 is 13.2. The minimum absolute atomic E-state index is 0.278. The van der Waals surface area contributed by atoms with Gasteiger partial charge < -0.3 is 0 Å². The van der Waals surface area contributed by atoms with Crippen LogP contribution in [0.4, 0.5) is 4.39 Å². The van der Waals surface area contributed by atoms with Gasteiger partial charge in [0.1, 0.15) is 5.82 Å². The lowest BCUT2D eigenvalue weighted by molar-refractivity contribution is 0.629. The van der Waals surface area contributed by atoms with E-state index in [9.17, 15) is 9.18 Å². The molecule has 1 heterocycles. The van der Waals surface area contributed by atoms with Gasteiger partial charge in [0, 0.05) is 16.0 Å². The Bertz CT molecular complexity index is 812. The van der Waals surface area contributed by atoms with Crippen molar-refractivity contribution >= 4 is 22.4 Å². The summed E-state index contributed by atoms with van der Waals surface area (Å²) in [5.74, 6) is -0.453. The second-order valence-corrected chi connectivity index (χ2v) is 4.53. The summed E-state index contributed by atoms with van der Waals surface area (Å²) in [6.07, 6.45) is 0. The van der Waals surface area contributed by atoms with Gasteiger partial charge in [-0.05, 0) is 30.3 Å². The fraction of sp³-hybridized carbons (Fsp3) is 0. The first kappa shape index (κ1) is 11.9. The van der Waals surface area contributed by atoms with E-state index in [1.165, 1.54) is 12.1 Å². The highest BCUT2D eigenvalue weighted by Crippen LogP contribution is 2.25. The number of nitrogens with zero attached hydrogens (tertiary/aromatic N) is 1. The lowest BCUT2D eigenvalue weighted by Gasteiger charge is -2.05. The van der Waals surface area contributed by atoms with Crippen LogP contribution in [0.25, 0.3) is 22.0 Å². The molecule has 1 N–H and O–H groups in total. The van der Waals surface area contributed by atoms with Crippen molar-refractivity contribution in [1.29, 1.82) is 0 Å². The third-order valence-corrected chi connectivity index (χ3v) is 3.12. The van der Waals surface area contributed by atoms with Crippen LogP contribution in [0.3, 0.4) is 0 Å². The van der Waals surface area contributed by atoms with E-state index in [-0.39, 0.29) is 5.39 Å². The largest absolute Gasteiger partial charge is 0.272 e. The summed E-state index contributed by atoms with van der Waals surface area (Å²) in [5.41, 5.74) is 0.982. The molecular weight excluding hydrogens is 267 g/mol. The van der Waals surface area contributed by atoms with Gasteiger partial charge >= 0.3 is 0 Å². The first-order valence-corrected chi connectivity index (χ1v) is 5.97. The summed E-state index contributed by atoms with van der Waals surface area (Å²) in [5, 5.41) is 7.91. The molecule has 0 unspecified atom stereocenters. The number of hydrogen-bond donors (Lipinski definition) is 1. The molecule has 0 aliphatic carbocycles. The fourth-order valence-corrected chi connectivity index (χ4v) is 2.09. The van der Waals surface area contributed by atoms with Crippen molar-refractivity contribution in [1.82, 2.24) is 10.2 Å². The van der Waals surface area contributed by atoms with Crippen LogP contribution < -0.4 is 5.56 Å². The summed E-state index contributed by atoms with van der Waals surface area (Å²) in [7, 11) is 0. The first-order valence-electron chi connectivity index (χ1n) is 5.59. The van der Waals surface area contributed by atoms with E-state index in [2.05, 4.69) is 10.2 Å². The Morgan fingerprint density at radius 3 is 2.53 bits per heavy atom.